The van der Waals surface area contributed by atoms with Crippen LogP contribution >= 0.6 is 0 Å². The molecule has 0 spiro atoms. The summed E-state index contributed by atoms with van der Waals surface area (Å²) in [5.41, 5.74) is 5.76. The Labute approximate surface area is 177 Å². The van der Waals surface area contributed by atoms with Gasteiger partial charge in [-0.1, -0.05) is 0 Å². The summed E-state index contributed by atoms with van der Waals surface area (Å²) in [5.74, 6) is 0. The Bertz CT molecular complexity index is 847. The summed E-state index contributed by atoms with van der Waals surface area (Å²) in [7, 11) is 1.91. The molecule has 0 aliphatic heterocycles. The number of hydrogen-bond acceptors (Lipinski definition) is 1. The Morgan fingerprint density at radius 1 is 0.962 bits per heavy atom. The summed E-state index contributed by atoms with van der Waals surface area (Å²) in [4.78, 5) is 0. The largest absolute Gasteiger partial charge is 1.00 e. The maximum atomic E-state index is 6.20. The molecule has 4 heteroatoms. The molecule has 1 aliphatic carbocycles. The molecule has 0 amide bonds. The third kappa shape index (κ3) is 4.29. The normalized spacial score (nSPS) is 14.0. The first-order valence-electron chi connectivity index (χ1n) is 8.65. The van der Waals surface area contributed by atoms with Crippen molar-refractivity contribution < 1.29 is 46.4 Å². The van der Waals surface area contributed by atoms with Gasteiger partial charge in [0.15, 0.2) is 0 Å². The number of halogens is 2. The van der Waals surface area contributed by atoms with Crippen LogP contribution in [0.1, 0.15) is 46.6 Å². The molecule has 0 N–H and O–H groups in total. The minimum Gasteiger partial charge on any atom is -1.00 e. The standard InChI is InChI=1S/C17H15.C4H9.CH3O.2ClH.Ti/c1-12-7-10-17(13(12)2)16-9-8-14-5-3-4-6-15(14)11-16;1-4(2)3;1-2;;;/h3-9H,10H2,1-2H3;1-3H3;1H3;2*1H;/q;;-1;;;+3/p-2. The first kappa shape index (κ1) is 23.5. The van der Waals surface area contributed by atoms with Gasteiger partial charge in [0.25, 0.3) is 0 Å². The zero-order valence-corrected chi connectivity index (χ0v) is 19.5. The summed E-state index contributed by atoms with van der Waals surface area (Å²) in [6, 6.07) is 13.4. The van der Waals surface area contributed by atoms with Crippen LogP contribution in [0.15, 0.2) is 53.6 Å². The van der Waals surface area contributed by atoms with Crippen LogP contribution in [0.5, 0.6) is 0 Å². The van der Waals surface area contributed by atoms with E-state index in [-0.39, 0.29) is 28.5 Å². The first-order valence-corrected chi connectivity index (χ1v) is 10.8. The number of fused-ring (bicyclic) bond motifs is 1. The van der Waals surface area contributed by atoms with Crippen molar-refractivity contribution in [2.24, 2.45) is 0 Å². The van der Waals surface area contributed by atoms with Gasteiger partial charge in [-0.05, 0) is 0 Å². The zero-order valence-electron chi connectivity index (χ0n) is 16.4. The van der Waals surface area contributed by atoms with Crippen LogP contribution in [0.25, 0.3) is 16.3 Å². The molecule has 2 aromatic carbocycles. The van der Waals surface area contributed by atoms with Crippen molar-refractivity contribution in [3.8, 4) is 0 Å². The average molecular weight is 426 g/mol. The van der Waals surface area contributed by atoms with Gasteiger partial charge in [0.2, 0.25) is 0 Å². The van der Waals surface area contributed by atoms with E-state index in [0.717, 1.165) is 6.42 Å². The summed E-state index contributed by atoms with van der Waals surface area (Å²) in [6.07, 6.45) is 3.40. The summed E-state index contributed by atoms with van der Waals surface area (Å²) < 4.78 is 7.90. The van der Waals surface area contributed by atoms with Crippen molar-refractivity contribution >= 4 is 20.2 Å². The monoisotopic (exact) mass is 425 g/mol. The van der Waals surface area contributed by atoms with Gasteiger partial charge in [-0.2, -0.15) is 0 Å². The van der Waals surface area contributed by atoms with Crippen molar-refractivity contribution in [3.63, 3.8) is 0 Å². The van der Waals surface area contributed by atoms with Gasteiger partial charge >= 0.3 is 153 Å². The Balaban J connectivity index is 0.00000169. The first-order chi connectivity index (χ1) is 11.3. The smallest absolute Gasteiger partial charge is 1.00 e. The minimum absolute atomic E-state index is 0. The Morgan fingerprint density at radius 2 is 1.62 bits per heavy atom. The van der Waals surface area contributed by atoms with Crippen LogP contribution in [0.2, 0.25) is 3.72 Å². The zero-order chi connectivity index (χ0) is 17.5. The molecule has 2 aromatic rings. The SMILES string of the molecule is C[O][Ti+2]([c]1c(C2=C(C)C(C)=CC2)ccc2ccccc12)[C](C)(C)C.[Cl-].[Cl-]. The van der Waals surface area contributed by atoms with E-state index >= 15 is 0 Å². The van der Waals surface area contributed by atoms with Crippen LogP contribution < -0.4 is 28.7 Å². The maximum Gasteiger partial charge on any atom is -1.00 e. The van der Waals surface area contributed by atoms with Gasteiger partial charge in [0, 0.05) is 0 Å². The van der Waals surface area contributed by atoms with Gasteiger partial charge in [0.05, 0.1) is 0 Å². The number of rotatable bonds is 3. The Kier molecular flexibility index (Phi) is 8.20. The molecule has 0 radical (unpaired) electrons. The van der Waals surface area contributed by atoms with Crippen molar-refractivity contribution in [2.45, 2.75) is 44.8 Å². The quantitative estimate of drug-likeness (QED) is 0.628. The third-order valence-electron chi connectivity index (χ3n) is 5.02. The molecule has 0 saturated heterocycles. The van der Waals surface area contributed by atoms with Crippen LogP contribution in [0.4, 0.5) is 0 Å². The fourth-order valence-electron chi connectivity index (χ4n) is 3.66. The second kappa shape index (κ2) is 9.08. The van der Waals surface area contributed by atoms with Crippen molar-refractivity contribution in [2.75, 3.05) is 7.11 Å². The maximum absolute atomic E-state index is 6.20. The minimum atomic E-state index is -1.94. The molecule has 0 fully saturated rings. The summed E-state index contributed by atoms with van der Waals surface area (Å²) in [6.45, 7) is 11.5. The van der Waals surface area contributed by atoms with Gasteiger partial charge in [-0.3, -0.25) is 0 Å². The van der Waals surface area contributed by atoms with E-state index in [1.165, 1.54) is 36.9 Å². The molecule has 0 aromatic heterocycles. The molecule has 0 unspecified atom stereocenters. The molecule has 0 bridgehead atoms. The predicted octanol–water partition coefficient (Wildman–Crippen LogP) is -0.00540. The fourth-order valence-corrected chi connectivity index (χ4v) is 7.59. The topological polar surface area (TPSA) is 9.23 Å². The van der Waals surface area contributed by atoms with Gasteiger partial charge < -0.3 is 24.8 Å². The average Bonchev–Trinajstić information content (AvgIpc) is 2.86. The second-order valence-electron chi connectivity index (χ2n) is 7.69. The van der Waals surface area contributed by atoms with E-state index in [1.54, 1.807) is 0 Å². The van der Waals surface area contributed by atoms with Crippen LogP contribution in [-0.2, 0) is 21.6 Å². The van der Waals surface area contributed by atoms with Crippen LogP contribution in [0, 0.1) is 0 Å². The fraction of sp³-hybridized carbons (Fsp3) is 0.364. The van der Waals surface area contributed by atoms with E-state index in [2.05, 4.69) is 77.1 Å². The van der Waals surface area contributed by atoms with Gasteiger partial charge in [-0.15, -0.1) is 0 Å². The number of hydrogen-bond donors (Lipinski definition) is 0. The predicted molar refractivity (Wildman–Crippen MR) is 101 cm³/mol. The van der Waals surface area contributed by atoms with E-state index in [0.29, 0.717) is 0 Å². The van der Waals surface area contributed by atoms with E-state index < -0.39 is 18.3 Å². The molecule has 1 aliphatic rings. The van der Waals surface area contributed by atoms with E-state index in [4.69, 9.17) is 3.32 Å². The van der Waals surface area contributed by atoms with E-state index in [9.17, 15) is 0 Å². The second-order valence-corrected chi connectivity index (χ2v) is 12.5. The summed E-state index contributed by atoms with van der Waals surface area (Å²) >= 11 is -1.94. The molecule has 26 heavy (non-hydrogen) atoms. The van der Waals surface area contributed by atoms with Crippen molar-refractivity contribution in [3.05, 3.63) is 59.2 Å². The molecule has 139 valence electrons. The molecule has 3 rings (SSSR count). The van der Waals surface area contributed by atoms with Crippen molar-refractivity contribution in [1.29, 1.82) is 0 Å². The Hall–Kier alpha value is -0.566. The third-order valence-corrected chi connectivity index (χ3v) is 9.34. The van der Waals surface area contributed by atoms with Gasteiger partial charge in [0.1, 0.15) is 0 Å². The molecule has 0 heterocycles. The van der Waals surface area contributed by atoms with E-state index in [1.807, 2.05) is 7.11 Å². The summed E-state index contributed by atoms with van der Waals surface area (Å²) in [5, 5.41) is 2.70. The number of benzene rings is 2. The molecule has 0 saturated carbocycles. The molecule has 1 nitrogen and oxygen atoms in total. The molecular formula is C22H27Cl2OTi. The molecule has 0 atom stereocenters. The van der Waals surface area contributed by atoms with Gasteiger partial charge in [-0.25, -0.2) is 0 Å². The number of allylic oxidation sites excluding steroid dienone is 4. The van der Waals surface area contributed by atoms with Crippen LogP contribution in [0.3, 0.4) is 0 Å². The molecular weight excluding hydrogens is 399 g/mol. The van der Waals surface area contributed by atoms with Crippen molar-refractivity contribution in [1.82, 2.24) is 0 Å². The Morgan fingerprint density at radius 3 is 2.15 bits per heavy atom. The van der Waals surface area contributed by atoms with Crippen LogP contribution in [-0.4, -0.2) is 7.11 Å².